The van der Waals surface area contributed by atoms with E-state index >= 15 is 0 Å². The number of nitrogens with one attached hydrogen (secondary N) is 1. The second kappa shape index (κ2) is 5.87. The van der Waals surface area contributed by atoms with E-state index in [4.69, 9.17) is 0 Å². The first kappa shape index (κ1) is 13.8. The zero-order valence-corrected chi connectivity index (χ0v) is 11.4. The first-order chi connectivity index (χ1) is 7.93. The summed E-state index contributed by atoms with van der Waals surface area (Å²) in [6.45, 7) is 4.45. The van der Waals surface area contributed by atoms with Crippen LogP contribution in [0.3, 0.4) is 0 Å². The smallest absolute Gasteiger partial charge is 0.222 e. The summed E-state index contributed by atoms with van der Waals surface area (Å²) in [6, 6.07) is 4.32. The Kier molecular flexibility index (Phi) is 4.75. The number of hydrogen-bond acceptors (Lipinski definition) is 2. The minimum absolute atomic E-state index is 0.0335. The molecule has 0 aromatic carbocycles. The van der Waals surface area contributed by atoms with E-state index in [1.807, 2.05) is 47.3 Å². The van der Waals surface area contributed by atoms with Crippen LogP contribution in [0.5, 0.6) is 0 Å². The standard InChI is InChI=1S/C13H23N3O/c1-10(2)13(17)14-9-12(15(3)4)11-7-6-8-16(11)5/h6-8,10,12H,9H2,1-5H3,(H,14,17). The molecule has 0 saturated heterocycles. The molecule has 1 amide bonds. The first-order valence-corrected chi connectivity index (χ1v) is 5.98. The molecule has 0 aliphatic carbocycles. The lowest BCUT2D eigenvalue weighted by atomic mass is 10.1. The van der Waals surface area contributed by atoms with Crippen LogP contribution < -0.4 is 5.32 Å². The van der Waals surface area contributed by atoms with Crippen LogP contribution in [0.4, 0.5) is 0 Å². The van der Waals surface area contributed by atoms with Gasteiger partial charge in [0.05, 0.1) is 6.04 Å². The molecule has 1 unspecified atom stereocenters. The maximum Gasteiger partial charge on any atom is 0.222 e. The Morgan fingerprint density at radius 1 is 1.47 bits per heavy atom. The molecular formula is C13H23N3O. The highest BCUT2D eigenvalue weighted by Crippen LogP contribution is 2.17. The summed E-state index contributed by atoms with van der Waals surface area (Å²) >= 11 is 0. The van der Waals surface area contributed by atoms with Crippen molar-refractivity contribution in [1.29, 1.82) is 0 Å². The second-order valence-electron chi connectivity index (χ2n) is 4.92. The predicted molar refractivity (Wildman–Crippen MR) is 69.7 cm³/mol. The minimum Gasteiger partial charge on any atom is -0.354 e. The zero-order chi connectivity index (χ0) is 13.0. The monoisotopic (exact) mass is 237 g/mol. The van der Waals surface area contributed by atoms with E-state index in [9.17, 15) is 4.79 Å². The average Bonchev–Trinajstić information content (AvgIpc) is 2.64. The molecule has 0 aliphatic rings. The van der Waals surface area contributed by atoms with Gasteiger partial charge in [-0.25, -0.2) is 0 Å². The van der Waals surface area contributed by atoms with E-state index < -0.39 is 0 Å². The van der Waals surface area contributed by atoms with Crippen molar-refractivity contribution in [2.75, 3.05) is 20.6 Å². The van der Waals surface area contributed by atoms with Crippen molar-refractivity contribution < 1.29 is 4.79 Å². The van der Waals surface area contributed by atoms with Crippen molar-refractivity contribution >= 4 is 5.91 Å². The number of hydrogen-bond donors (Lipinski definition) is 1. The van der Waals surface area contributed by atoms with Crippen LogP contribution in [0.25, 0.3) is 0 Å². The summed E-state index contributed by atoms with van der Waals surface area (Å²) < 4.78 is 2.09. The number of nitrogens with zero attached hydrogens (tertiary/aromatic N) is 2. The van der Waals surface area contributed by atoms with Crippen molar-refractivity contribution in [3.05, 3.63) is 24.0 Å². The highest BCUT2D eigenvalue weighted by molar-refractivity contribution is 5.77. The molecule has 0 radical (unpaired) electrons. The summed E-state index contributed by atoms with van der Waals surface area (Å²) in [5, 5.41) is 2.99. The van der Waals surface area contributed by atoms with Gasteiger partial charge in [0.25, 0.3) is 0 Å². The Morgan fingerprint density at radius 2 is 2.12 bits per heavy atom. The van der Waals surface area contributed by atoms with Crippen LogP contribution in [0.15, 0.2) is 18.3 Å². The molecule has 1 aromatic rings. The van der Waals surface area contributed by atoms with E-state index in [1.165, 1.54) is 5.69 Å². The highest BCUT2D eigenvalue weighted by Gasteiger charge is 2.18. The van der Waals surface area contributed by atoms with E-state index in [2.05, 4.69) is 20.9 Å². The number of aryl methyl sites for hydroxylation is 1. The zero-order valence-electron chi connectivity index (χ0n) is 11.4. The van der Waals surface area contributed by atoms with Gasteiger partial charge in [0.2, 0.25) is 5.91 Å². The molecule has 1 atom stereocenters. The van der Waals surface area contributed by atoms with Crippen LogP contribution in [0.1, 0.15) is 25.6 Å². The number of carbonyl (C=O) groups excluding carboxylic acids is 1. The molecule has 0 saturated carbocycles. The van der Waals surface area contributed by atoms with Gasteiger partial charge >= 0.3 is 0 Å². The van der Waals surface area contributed by atoms with E-state index in [0.29, 0.717) is 6.54 Å². The summed E-state index contributed by atoms with van der Waals surface area (Å²) in [5.74, 6) is 0.136. The second-order valence-corrected chi connectivity index (χ2v) is 4.92. The molecule has 0 spiro atoms. The van der Waals surface area contributed by atoms with Crippen LogP contribution in [0, 0.1) is 5.92 Å². The fourth-order valence-electron chi connectivity index (χ4n) is 1.77. The van der Waals surface area contributed by atoms with Gasteiger partial charge in [-0.2, -0.15) is 0 Å². The fraction of sp³-hybridized carbons (Fsp3) is 0.615. The maximum absolute atomic E-state index is 11.6. The molecule has 1 N–H and O–H groups in total. The lowest BCUT2D eigenvalue weighted by Crippen LogP contribution is -2.37. The van der Waals surface area contributed by atoms with Crippen LogP contribution in [-0.2, 0) is 11.8 Å². The molecule has 96 valence electrons. The largest absolute Gasteiger partial charge is 0.354 e. The molecule has 4 heteroatoms. The molecular weight excluding hydrogens is 214 g/mol. The molecule has 1 rings (SSSR count). The van der Waals surface area contributed by atoms with Gasteiger partial charge in [-0.15, -0.1) is 0 Å². The number of aromatic nitrogens is 1. The van der Waals surface area contributed by atoms with Crippen molar-refractivity contribution in [2.45, 2.75) is 19.9 Å². The molecule has 4 nitrogen and oxygen atoms in total. The van der Waals surface area contributed by atoms with Crippen molar-refractivity contribution in [3.63, 3.8) is 0 Å². The first-order valence-electron chi connectivity index (χ1n) is 5.98. The molecule has 17 heavy (non-hydrogen) atoms. The Hall–Kier alpha value is -1.29. The summed E-state index contributed by atoms with van der Waals surface area (Å²) in [4.78, 5) is 13.7. The third-order valence-corrected chi connectivity index (χ3v) is 2.94. The predicted octanol–water partition coefficient (Wildman–Crippen LogP) is 1.40. The SMILES string of the molecule is CC(C)C(=O)NCC(c1cccn1C)N(C)C. The lowest BCUT2D eigenvalue weighted by Gasteiger charge is -2.25. The Bertz CT molecular complexity index is 368. The van der Waals surface area contributed by atoms with Crippen LogP contribution >= 0.6 is 0 Å². The van der Waals surface area contributed by atoms with Crippen molar-refractivity contribution in [2.24, 2.45) is 13.0 Å². The van der Waals surface area contributed by atoms with Crippen LogP contribution in [0.2, 0.25) is 0 Å². The van der Waals surface area contributed by atoms with Gasteiger partial charge in [-0.3, -0.25) is 9.69 Å². The normalized spacial score (nSPS) is 13.1. The summed E-state index contributed by atoms with van der Waals surface area (Å²) in [7, 11) is 6.08. The average molecular weight is 237 g/mol. The van der Waals surface area contributed by atoms with Gasteiger partial charge in [-0.1, -0.05) is 13.8 Å². The fourth-order valence-corrected chi connectivity index (χ4v) is 1.77. The summed E-state index contributed by atoms with van der Waals surface area (Å²) in [6.07, 6.45) is 2.02. The van der Waals surface area contributed by atoms with Crippen molar-refractivity contribution in [3.8, 4) is 0 Å². The molecule has 0 fully saturated rings. The molecule has 1 aromatic heterocycles. The Morgan fingerprint density at radius 3 is 2.53 bits per heavy atom. The molecule has 0 bridgehead atoms. The van der Waals surface area contributed by atoms with Gasteiger partial charge in [0.15, 0.2) is 0 Å². The Balaban J connectivity index is 2.69. The lowest BCUT2D eigenvalue weighted by molar-refractivity contribution is -0.124. The number of rotatable bonds is 5. The minimum atomic E-state index is 0.0335. The van der Waals surface area contributed by atoms with E-state index in [-0.39, 0.29) is 17.9 Å². The topological polar surface area (TPSA) is 37.3 Å². The number of carbonyl (C=O) groups is 1. The maximum atomic E-state index is 11.6. The number of likely N-dealkylation sites (N-methyl/N-ethyl adjacent to an activating group) is 1. The summed E-state index contributed by atoms with van der Waals surface area (Å²) in [5.41, 5.74) is 1.21. The van der Waals surface area contributed by atoms with E-state index in [1.54, 1.807) is 0 Å². The molecule has 0 aliphatic heterocycles. The number of amides is 1. The van der Waals surface area contributed by atoms with Gasteiger partial charge in [-0.05, 0) is 26.2 Å². The van der Waals surface area contributed by atoms with E-state index in [0.717, 1.165) is 0 Å². The van der Waals surface area contributed by atoms with Gasteiger partial charge in [0.1, 0.15) is 0 Å². The highest BCUT2D eigenvalue weighted by atomic mass is 16.1. The Labute approximate surface area is 104 Å². The van der Waals surface area contributed by atoms with Crippen LogP contribution in [-0.4, -0.2) is 36.0 Å². The van der Waals surface area contributed by atoms with Gasteiger partial charge in [0, 0.05) is 31.4 Å². The third-order valence-electron chi connectivity index (χ3n) is 2.94. The van der Waals surface area contributed by atoms with Crippen molar-refractivity contribution in [1.82, 2.24) is 14.8 Å². The van der Waals surface area contributed by atoms with Gasteiger partial charge < -0.3 is 9.88 Å². The quantitative estimate of drug-likeness (QED) is 0.840. The molecule has 1 heterocycles. The third kappa shape index (κ3) is 3.60.